The summed E-state index contributed by atoms with van der Waals surface area (Å²) < 4.78 is 0. The van der Waals surface area contributed by atoms with Crippen molar-refractivity contribution in [1.29, 1.82) is 0 Å². The molecule has 0 amide bonds. The average Bonchev–Trinajstić information content (AvgIpc) is 3.12. The number of anilines is 6. The Balaban J connectivity index is 1.39. The molecular weight excluding hydrogens is 605 g/mol. The molecule has 2 heteroatoms. The SMILES string of the molecule is CC(C)(C)c1cccc(N(c2ccccc2)c2ccc3ccc4c(N(c5ccccc5)c5cccc(C(C)(C)C)c5)ccc5ccc2c3c54)c1. The molecule has 246 valence electrons. The van der Waals surface area contributed by atoms with Crippen molar-refractivity contribution in [2.24, 2.45) is 0 Å². The zero-order valence-electron chi connectivity index (χ0n) is 29.9. The van der Waals surface area contributed by atoms with Gasteiger partial charge in [-0.3, -0.25) is 0 Å². The monoisotopic (exact) mass is 648 g/mol. The molecule has 8 aromatic rings. The van der Waals surface area contributed by atoms with E-state index in [1.54, 1.807) is 0 Å². The van der Waals surface area contributed by atoms with E-state index in [2.05, 4.69) is 209 Å². The van der Waals surface area contributed by atoms with Crippen LogP contribution in [-0.2, 0) is 10.8 Å². The molecule has 0 aliphatic rings. The van der Waals surface area contributed by atoms with Crippen LogP contribution in [0, 0.1) is 0 Å². The lowest BCUT2D eigenvalue weighted by molar-refractivity contribution is 0.590. The van der Waals surface area contributed by atoms with Gasteiger partial charge < -0.3 is 9.80 Å². The fraction of sp³-hybridized carbons (Fsp3) is 0.167. The summed E-state index contributed by atoms with van der Waals surface area (Å²) in [6.07, 6.45) is 0. The average molecular weight is 649 g/mol. The summed E-state index contributed by atoms with van der Waals surface area (Å²) in [4.78, 5) is 4.85. The second kappa shape index (κ2) is 12.1. The number of hydrogen-bond donors (Lipinski definition) is 0. The molecule has 0 aromatic heterocycles. The third kappa shape index (κ3) is 5.55. The Hall–Kier alpha value is -5.60. The fourth-order valence-electron chi connectivity index (χ4n) is 7.39. The molecular formula is C48H44N2. The lowest BCUT2D eigenvalue weighted by Crippen LogP contribution is -2.15. The van der Waals surface area contributed by atoms with Crippen LogP contribution in [0.25, 0.3) is 32.3 Å². The van der Waals surface area contributed by atoms with Crippen LogP contribution >= 0.6 is 0 Å². The molecule has 0 N–H and O–H groups in total. The molecule has 0 radical (unpaired) electrons. The topological polar surface area (TPSA) is 6.48 Å². The Labute approximate surface area is 296 Å². The first-order valence-corrected chi connectivity index (χ1v) is 17.7. The zero-order chi connectivity index (χ0) is 34.6. The van der Waals surface area contributed by atoms with Crippen LogP contribution in [0.2, 0.25) is 0 Å². The van der Waals surface area contributed by atoms with Crippen LogP contribution < -0.4 is 9.80 Å². The molecule has 0 aliphatic carbocycles. The van der Waals surface area contributed by atoms with Crippen molar-refractivity contribution in [3.8, 4) is 0 Å². The summed E-state index contributed by atoms with van der Waals surface area (Å²) in [6, 6.07) is 58.1. The summed E-state index contributed by atoms with van der Waals surface area (Å²) in [5.41, 5.74) is 9.65. The van der Waals surface area contributed by atoms with Gasteiger partial charge in [-0.15, -0.1) is 0 Å². The van der Waals surface area contributed by atoms with Crippen molar-refractivity contribution >= 4 is 66.4 Å². The highest BCUT2D eigenvalue weighted by molar-refractivity contribution is 6.28. The fourth-order valence-corrected chi connectivity index (χ4v) is 7.39. The number of hydrogen-bond acceptors (Lipinski definition) is 2. The molecule has 0 saturated carbocycles. The van der Waals surface area contributed by atoms with Crippen LogP contribution in [-0.4, -0.2) is 0 Å². The van der Waals surface area contributed by atoms with Gasteiger partial charge >= 0.3 is 0 Å². The molecule has 0 saturated heterocycles. The number of para-hydroxylation sites is 2. The summed E-state index contributed by atoms with van der Waals surface area (Å²) in [5.74, 6) is 0. The van der Waals surface area contributed by atoms with Crippen molar-refractivity contribution < 1.29 is 0 Å². The minimum atomic E-state index is 0.0362. The zero-order valence-corrected chi connectivity index (χ0v) is 29.9. The van der Waals surface area contributed by atoms with Gasteiger partial charge in [-0.25, -0.2) is 0 Å². The van der Waals surface area contributed by atoms with E-state index >= 15 is 0 Å². The minimum Gasteiger partial charge on any atom is -0.310 e. The first-order valence-electron chi connectivity index (χ1n) is 17.7. The van der Waals surface area contributed by atoms with Crippen molar-refractivity contribution in [1.82, 2.24) is 0 Å². The normalized spacial score (nSPS) is 12.2. The standard InChI is InChI=1S/C48H44N2/c1-47(2,3)35-15-13-21-39(31-35)49(37-17-9-7-10-18-37)43-29-25-33-24-28-42-44(30-26-34-23-27-41(43)45(33)46(34)42)50(38-19-11-8-12-20-38)40-22-14-16-36(32-40)48(4,5)6/h7-32H,1-6H3. The third-order valence-electron chi connectivity index (χ3n) is 10.1. The molecule has 50 heavy (non-hydrogen) atoms. The van der Waals surface area contributed by atoms with E-state index in [4.69, 9.17) is 0 Å². The van der Waals surface area contributed by atoms with Crippen molar-refractivity contribution in [2.75, 3.05) is 9.80 Å². The second-order valence-corrected chi connectivity index (χ2v) is 15.5. The van der Waals surface area contributed by atoms with Crippen LogP contribution in [0.15, 0.2) is 158 Å². The molecule has 0 spiro atoms. The number of nitrogens with zero attached hydrogens (tertiary/aromatic N) is 2. The summed E-state index contributed by atoms with van der Waals surface area (Å²) >= 11 is 0. The third-order valence-corrected chi connectivity index (χ3v) is 10.1. The largest absolute Gasteiger partial charge is 0.310 e. The maximum atomic E-state index is 2.43. The van der Waals surface area contributed by atoms with Crippen LogP contribution in [0.4, 0.5) is 34.1 Å². The molecule has 8 aromatic carbocycles. The predicted molar refractivity (Wildman–Crippen MR) is 217 cm³/mol. The van der Waals surface area contributed by atoms with E-state index in [9.17, 15) is 0 Å². The van der Waals surface area contributed by atoms with Gasteiger partial charge in [-0.1, -0.05) is 139 Å². The smallest absolute Gasteiger partial charge is 0.0540 e. The van der Waals surface area contributed by atoms with Gasteiger partial charge in [-0.2, -0.15) is 0 Å². The quantitative estimate of drug-likeness (QED) is 0.166. The van der Waals surface area contributed by atoms with E-state index in [1.165, 1.54) is 54.8 Å². The van der Waals surface area contributed by atoms with E-state index in [0.717, 1.165) is 22.7 Å². The van der Waals surface area contributed by atoms with Gasteiger partial charge in [0.25, 0.3) is 0 Å². The second-order valence-electron chi connectivity index (χ2n) is 15.5. The van der Waals surface area contributed by atoms with Crippen LogP contribution in [0.5, 0.6) is 0 Å². The van der Waals surface area contributed by atoms with Gasteiger partial charge in [0.1, 0.15) is 0 Å². The van der Waals surface area contributed by atoms with E-state index < -0.39 is 0 Å². The molecule has 8 rings (SSSR count). The predicted octanol–water partition coefficient (Wildman–Crippen LogP) is 14.1. The summed E-state index contributed by atoms with van der Waals surface area (Å²) in [6.45, 7) is 13.7. The Morgan fingerprint density at radius 2 is 0.700 bits per heavy atom. The van der Waals surface area contributed by atoms with Gasteiger partial charge in [0.15, 0.2) is 0 Å². The van der Waals surface area contributed by atoms with E-state index in [-0.39, 0.29) is 10.8 Å². The molecule has 2 nitrogen and oxygen atoms in total. The maximum absolute atomic E-state index is 2.43. The Morgan fingerprint density at radius 3 is 1.08 bits per heavy atom. The summed E-state index contributed by atoms with van der Waals surface area (Å²) in [5, 5.41) is 7.56. The molecule has 0 heterocycles. The number of rotatable bonds is 6. The molecule has 0 aliphatic heterocycles. The summed E-state index contributed by atoms with van der Waals surface area (Å²) in [7, 11) is 0. The highest BCUT2D eigenvalue weighted by Crippen LogP contribution is 2.48. The van der Waals surface area contributed by atoms with Crippen LogP contribution in [0.3, 0.4) is 0 Å². The highest BCUT2D eigenvalue weighted by Gasteiger charge is 2.23. The van der Waals surface area contributed by atoms with Crippen molar-refractivity contribution in [3.05, 3.63) is 169 Å². The molecule has 0 bridgehead atoms. The minimum absolute atomic E-state index is 0.0362. The molecule has 0 atom stereocenters. The van der Waals surface area contributed by atoms with Crippen LogP contribution in [0.1, 0.15) is 52.7 Å². The lowest BCUT2D eigenvalue weighted by Gasteiger charge is -2.30. The number of benzene rings is 8. The Kier molecular flexibility index (Phi) is 7.64. The Bertz CT molecular complexity index is 2270. The van der Waals surface area contributed by atoms with Crippen molar-refractivity contribution in [3.63, 3.8) is 0 Å². The van der Waals surface area contributed by atoms with Gasteiger partial charge in [-0.05, 0) is 104 Å². The Morgan fingerprint density at radius 1 is 0.340 bits per heavy atom. The highest BCUT2D eigenvalue weighted by atomic mass is 15.1. The molecule has 0 fully saturated rings. The molecule has 0 unspecified atom stereocenters. The first-order chi connectivity index (χ1) is 24.1. The van der Waals surface area contributed by atoms with Gasteiger partial charge in [0.2, 0.25) is 0 Å². The van der Waals surface area contributed by atoms with Gasteiger partial charge in [0, 0.05) is 33.5 Å². The van der Waals surface area contributed by atoms with E-state index in [1.807, 2.05) is 0 Å². The maximum Gasteiger partial charge on any atom is 0.0540 e. The first kappa shape index (κ1) is 31.7. The van der Waals surface area contributed by atoms with E-state index in [0.29, 0.717) is 0 Å². The lowest BCUT2D eigenvalue weighted by atomic mass is 9.86. The van der Waals surface area contributed by atoms with Gasteiger partial charge in [0.05, 0.1) is 11.4 Å². The van der Waals surface area contributed by atoms with Crippen molar-refractivity contribution in [2.45, 2.75) is 52.4 Å².